The summed E-state index contributed by atoms with van der Waals surface area (Å²) in [4.78, 5) is 0. The van der Waals surface area contributed by atoms with Crippen LogP contribution in [0.25, 0.3) is 0 Å². The van der Waals surface area contributed by atoms with Crippen molar-refractivity contribution in [3.05, 3.63) is 0 Å². The van der Waals surface area contributed by atoms with Crippen LogP contribution in [0.15, 0.2) is 0 Å². The largest absolute Gasteiger partial charge is 0.379 e. The molecule has 0 bridgehead atoms. The van der Waals surface area contributed by atoms with Crippen molar-refractivity contribution in [2.24, 2.45) is 17.8 Å². The summed E-state index contributed by atoms with van der Waals surface area (Å²) in [6.45, 7) is 12.5. The van der Waals surface area contributed by atoms with Crippen molar-refractivity contribution >= 4 is 0 Å². The van der Waals surface area contributed by atoms with E-state index < -0.39 is 0 Å². The molecule has 1 saturated carbocycles. The van der Waals surface area contributed by atoms with Crippen molar-refractivity contribution in [3.63, 3.8) is 0 Å². The molecule has 0 spiro atoms. The lowest BCUT2D eigenvalue weighted by molar-refractivity contribution is -0.00304. The first-order valence-corrected chi connectivity index (χ1v) is 7.68. The molecule has 0 aliphatic heterocycles. The summed E-state index contributed by atoms with van der Waals surface area (Å²) in [5, 5.41) is 3.70. The Bertz CT molecular complexity index is 239. The van der Waals surface area contributed by atoms with Gasteiger partial charge in [0.1, 0.15) is 0 Å². The quantitative estimate of drug-likeness (QED) is 0.778. The highest BCUT2D eigenvalue weighted by molar-refractivity contribution is 4.87. The van der Waals surface area contributed by atoms with Crippen LogP contribution in [-0.4, -0.2) is 25.3 Å². The van der Waals surface area contributed by atoms with Crippen LogP contribution in [0.2, 0.25) is 0 Å². The first-order chi connectivity index (χ1) is 8.39. The summed E-state index contributed by atoms with van der Waals surface area (Å²) in [6, 6.07) is 0.611. The molecule has 0 aromatic carbocycles. The molecular weight excluding hydrogens is 222 g/mol. The van der Waals surface area contributed by atoms with Gasteiger partial charge in [0.15, 0.2) is 0 Å². The Morgan fingerprint density at radius 2 is 1.89 bits per heavy atom. The van der Waals surface area contributed by atoms with E-state index in [2.05, 4.69) is 39.9 Å². The SMILES string of the molecule is CCNC(CC(C)(C)OC)C1CCC(C)C(C)C1. The summed E-state index contributed by atoms with van der Waals surface area (Å²) in [5.41, 5.74) is -0.0147. The maximum absolute atomic E-state index is 5.61. The van der Waals surface area contributed by atoms with E-state index in [1.807, 2.05) is 7.11 Å². The van der Waals surface area contributed by atoms with Gasteiger partial charge in [0, 0.05) is 13.2 Å². The third-order valence-electron chi connectivity index (χ3n) is 4.94. The van der Waals surface area contributed by atoms with E-state index in [1.54, 1.807) is 0 Å². The molecule has 4 atom stereocenters. The minimum absolute atomic E-state index is 0.0147. The van der Waals surface area contributed by atoms with Crippen LogP contribution in [0, 0.1) is 17.8 Å². The van der Waals surface area contributed by atoms with Crippen LogP contribution in [0.5, 0.6) is 0 Å². The van der Waals surface area contributed by atoms with Crippen molar-refractivity contribution in [1.82, 2.24) is 5.32 Å². The Balaban J connectivity index is 2.61. The molecule has 1 fully saturated rings. The minimum Gasteiger partial charge on any atom is -0.379 e. The van der Waals surface area contributed by atoms with Gasteiger partial charge in [0.2, 0.25) is 0 Å². The van der Waals surface area contributed by atoms with E-state index >= 15 is 0 Å². The summed E-state index contributed by atoms with van der Waals surface area (Å²) >= 11 is 0. The Hall–Kier alpha value is -0.0800. The number of hydrogen-bond donors (Lipinski definition) is 1. The molecule has 0 aromatic rings. The van der Waals surface area contributed by atoms with Crippen LogP contribution in [0.3, 0.4) is 0 Å². The zero-order valence-corrected chi connectivity index (χ0v) is 13.3. The Kier molecular flexibility index (Phi) is 6.13. The van der Waals surface area contributed by atoms with Gasteiger partial charge >= 0.3 is 0 Å². The molecule has 18 heavy (non-hydrogen) atoms. The molecule has 0 radical (unpaired) electrons. The van der Waals surface area contributed by atoms with Gasteiger partial charge in [0.05, 0.1) is 5.60 Å². The molecule has 0 aromatic heterocycles. The van der Waals surface area contributed by atoms with Gasteiger partial charge in [-0.05, 0) is 57.4 Å². The fourth-order valence-corrected chi connectivity index (χ4v) is 3.24. The number of nitrogens with one attached hydrogen (secondary N) is 1. The first-order valence-electron chi connectivity index (χ1n) is 7.68. The molecule has 2 nitrogen and oxygen atoms in total. The van der Waals surface area contributed by atoms with Gasteiger partial charge < -0.3 is 10.1 Å². The lowest BCUT2D eigenvalue weighted by Crippen LogP contribution is -2.44. The molecule has 1 rings (SSSR count). The van der Waals surface area contributed by atoms with Crippen LogP contribution < -0.4 is 5.32 Å². The zero-order valence-electron chi connectivity index (χ0n) is 13.3. The van der Waals surface area contributed by atoms with E-state index in [0.29, 0.717) is 6.04 Å². The maximum Gasteiger partial charge on any atom is 0.0637 e. The first kappa shape index (κ1) is 16.0. The Morgan fingerprint density at radius 1 is 1.22 bits per heavy atom. The summed E-state index contributed by atoms with van der Waals surface area (Å²) in [5.74, 6) is 2.60. The highest BCUT2D eigenvalue weighted by Crippen LogP contribution is 2.37. The predicted molar refractivity (Wildman–Crippen MR) is 78.8 cm³/mol. The smallest absolute Gasteiger partial charge is 0.0637 e. The number of ether oxygens (including phenoxy) is 1. The second-order valence-electron chi connectivity index (χ2n) is 6.86. The molecule has 1 aliphatic carbocycles. The predicted octanol–water partition coefficient (Wildman–Crippen LogP) is 3.85. The number of methoxy groups -OCH3 is 1. The monoisotopic (exact) mass is 255 g/mol. The van der Waals surface area contributed by atoms with Crippen molar-refractivity contribution in [3.8, 4) is 0 Å². The van der Waals surface area contributed by atoms with E-state index in [0.717, 1.165) is 30.7 Å². The van der Waals surface area contributed by atoms with Crippen molar-refractivity contribution in [2.45, 2.75) is 71.9 Å². The number of hydrogen-bond acceptors (Lipinski definition) is 2. The highest BCUT2D eigenvalue weighted by Gasteiger charge is 2.33. The van der Waals surface area contributed by atoms with E-state index in [1.165, 1.54) is 19.3 Å². The zero-order chi connectivity index (χ0) is 13.8. The van der Waals surface area contributed by atoms with Gasteiger partial charge in [-0.1, -0.05) is 27.2 Å². The summed E-state index contributed by atoms with van der Waals surface area (Å²) in [6.07, 6.45) is 5.26. The second-order valence-corrected chi connectivity index (χ2v) is 6.86. The van der Waals surface area contributed by atoms with Gasteiger partial charge in [-0.2, -0.15) is 0 Å². The Labute approximate surface area is 114 Å². The second kappa shape index (κ2) is 6.91. The third-order valence-corrected chi connectivity index (χ3v) is 4.94. The van der Waals surface area contributed by atoms with E-state index in [9.17, 15) is 0 Å². The molecule has 0 amide bonds. The Morgan fingerprint density at radius 3 is 2.39 bits per heavy atom. The van der Waals surface area contributed by atoms with Crippen molar-refractivity contribution < 1.29 is 4.74 Å². The maximum atomic E-state index is 5.61. The molecular formula is C16H33NO. The fourth-order valence-electron chi connectivity index (χ4n) is 3.24. The van der Waals surface area contributed by atoms with Gasteiger partial charge in [-0.15, -0.1) is 0 Å². The van der Waals surface area contributed by atoms with Gasteiger partial charge in [-0.3, -0.25) is 0 Å². The van der Waals surface area contributed by atoms with E-state index in [-0.39, 0.29) is 5.60 Å². The van der Waals surface area contributed by atoms with Gasteiger partial charge in [-0.25, -0.2) is 0 Å². The summed E-state index contributed by atoms with van der Waals surface area (Å²) < 4.78 is 5.61. The minimum atomic E-state index is -0.0147. The molecule has 1 N–H and O–H groups in total. The molecule has 1 aliphatic rings. The average Bonchev–Trinajstić information content (AvgIpc) is 2.32. The lowest BCUT2D eigenvalue weighted by atomic mass is 9.71. The molecule has 0 saturated heterocycles. The molecule has 2 heteroatoms. The topological polar surface area (TPSA) is 21.3 Å². The fraction of sp³-hybridized carbons (Fsp3) is 1.00. The van der Waals surface area contributed by atoms with Crippen LogP contribution >= 0.6 is 0 Å². The van der Waals surface area contributed by atoms with Crippen molar-refractivity contribution in [2.75, 3.05) is 13.7 Å². The molecule has 4 unspecified atom stereocenters. The standard InChI is InChI=1S/C16H33NO/c1-7-17-15(11-16(4,5)18-6)14-9-8-12(2)13(3)10-14/h12-15,17H,7-11H2,1-6H3. The normalized spacial score (nSPS) is 31.3. The van der Waals surface area contributed by atoms with Crippen LogP contribution in [0.4, 0.5) is 0 Å². The van der Waals surface area contributed by atoms with Gasteiger partial charge in [0.25, 0.3) is 0 Å². The van der Waals surface area contributed by atoms with Crippen LogP contribution in [0.1, 0.15) is 60.3 Å². The lowest BCUT2D eigenvalue weighted by Gasteiger charge is -2.39. The van der Waals surface area contributed by atoms with E-state index in [4.69, 9.17) is 4.74 Å². The summed E-state index contributed by atoms with van der Waals surface area (Å²) in [7, 11) is 1.83. The number of rotatable bonds is 6. The average molecular weight is 255 g/mol. The molecule has 0 heterocycles. The highest BCUT2D eigenvalue weighted by atomic mass is 16.5. The van der Waals surface area contributed by atoms with Crippen LogP contribution in [-0.2, 0) is 4.74 Å². The third kappa shape index (κ3) is 4.55. The molecule has 108 valence electrons. The van der Waals surface area contributed by atoms with Crippen molar-refractivity contribution in [1.29, 1.82) is 0 Å².